The van der Waals surface area contributed by atoms with Crippen LogP contribution in [0.5, 0.6) is 0 Å². The molecule has 72 valence electrons. The summed E-state index contributed by atoms with van der Waals surface area (Å²) in [5.41, 5.74) is -0.433. The van der Waals surface area contributed by atoms with E-state index < -0.39 is 11.7 Å². The first-order valence-corrected chi connectivity index (χ1v) is 4.72. The van der Waals surface area contributed by atoms with Gasteiger partial charge in [-0.25, -0.2) is 0 Å². The molecular formula is C7H4BrClF3N. The zero-order valence-corrected chi connectivity index (χ0v) is 8.54. The highest BCUT2D eigenvalue weighted by Gasteiger charge is 2.31. The molecule has 0 unspecified atom stereocenters. The molecule has 0 saturated heterocycles. The van der Waals surface area contributed by atoms with Gasteiger partial charge in [0.05, 0.1) is 16.3 Å². The lowest BCUT2D eigenvalue weighted by molar-refractivity contribution is -0.137. The zero-order valence-electron chi connectivity index (χ0n) is 6.20. The lowest BCUT2D eigenvalue weighted by Gasteiger charge is -2.07. The van der Waals surface area contributed by atoms with Crippen LogP contribution < -0.4 is 0 Å². The minimum absolute atomic E-state index is 0.0201. The van der Waals surface area contributed by atoms with Gasteiger partial charge in [-0.3, -0.25) is 4.98 Å². The molecule has 1 aromatic rings. The van der Waals surface area contributed by atoms with Crippen LogP contribution in [-0.2, 0) is 11.5 Å². The van der Waals surface area contributed by atoms with Crippen molar-refractivity contribution in [3.05, 3.63) is 28.5 Å². The number of alkyl halides is 4. The van der Waals surface area contributed by atoms with Crippen molar-refractivity contribution in [3.8, 4) is 0 Å². The topological polar surface area (TPSA) is 12.9 Å². The van der Waals surface area contributed by atoms with Crippen LogP contribution in [0.4, 0.5) is 13.2 Å². The molecule has 1 rings (SSSR count). The van der Waals surface area contributed by atoms with E-state index in [-0.39, 0.29) is 5.02 Å². The molecule has 0 spiro atoms. The zero-order chi connectivity index (χ0) is 10.1. The summed E-state index contributed by atoms with van der Waals surface area (Å²) in [6.07, 6.45) is -3.62. The molecule has 13 heavy (non-hydrogen) atoms. The SMILES string of the molecule is FC(F)(F)c1cnc(CBr)c(Cl)c1. The van der Waals surface area contributed by atoms with Crippen molar-refractivity contribution in [2.24, 2.45) is 0 Å². The second-order valence-electron chi connectivity index (χ2n) is 2.28. The monoisotopic (exact) mass is 273 g/mol. The average molecular weight is 274 g/mol. The summed E-state index contributed by atoms with van der Waals surface area (Å²) in [5.74, 6) is 0. The summed E-state index contributed by atoms with van der Waals surface area (Å²) in [5, 5.41) is 0.357. The van der Waals surface area contributed by atoms with Crippen molar-refractivity contribution in [2.45, 2.75) is 11.5 Å². The van der Waals surface area contributed by atoms with Gasteiger partial charge in [0.2, 0.25) is 0 Å². The fraction of sp³-hybridized carbons (Fsp3) is 0.286. The van der Waals surface area contributed by atoms with Gasteiger partial charge in [-0.05, 0) is 6.07 Å². The number of halogens is 5. The van der Waals surface area contributed by atoms with Crippen molar-refractivity contribution < 1.29 is 13.2 Å². The Morgan fingerprint density at radius 2 is 2.08 bits per heavy atom. The summed E-state index contributed by atoms with van der Waals surface area (Å²) in [6, 6.07) is 0.866. The van der Waals surface area contributed by atoms with Crippen LogP contribution in [0.2, 0.25) is 5.02 Å². The molecule has 0 aromatic carbocycles. The van der Waals surface area contributed by atoms with Crippen LogP contribution in [0.1, 0.15) is 11.3 Å². The predicted molar refractivity (Wildman–Crippen MR) is 46.9 cm³/mol. The molecule has 0 N–H and O–H groups in total. The van der Waals surface area contributed by atoms with Crippen LogP contribution in [0.15, 0.2) is 12.3 Å². The second kappa shape index (κ2) is 3.84. The molecule has 1 aromatic heterocycles. The molecule has 0 saturated carbocycles. The third-order valence-electron chi connectivity index (χ3n) is 1.37. The number of aromatic nitrogens is 1. The standard InChI is InChI=1S/C7H4BrClF3N/c8-2-6-5(9)1-4(3-13-6)7(10,11)12/h1,3H,2H2. The normalized spacial score (nSPS) is 11.8. The van der Waals surface area contributed by atoms with E-state index >= 15 is 0 Å². The first kappa shape index (κ1) is 10.8. The minimum Gasteiger partial charge on any atom is -0.258 e. The van der Waals surface area contributed by atoms with E-state index in [0.29, 0.717) is 11.0 Å². The summed E-state index contributed by atoms with van der Waals surface area (Å²) in [7, 11) is 0. The van der Waals surface area contributed by atoms with Crippen LogP contribution in [0, 0.1) is 0 Å². The van der Waals surface area contributed by atoms with Gasteiger partial charge < -0.3 is 0 Å². The minimum atomic E-state index is -4.39. The Bertz CT molecular complexity index is 313. The molecule has 0 atom stereocenters. The van der Waals surface area contributed by atoms with Crippen molar-refractivity contribution in [3.63, 3.8) is 0 Å². The Hall–Kier alpha value is -0.290. The molecule has 0 radical (unpaired) electrons. The van der Waals surface area contributed by atoms with Gasteiger partial charge in [-0.15, -0.1) is 0 Å². The third kappa shape index (κ3) is 2.57. The van der Waals surface area contributed by atoms with E-state index in [2.05, 4.69) is 20.9 Å². The quantitative estimate of drug-likeness (QED) is 0.712. The van der Waals surface area contributed by atoms with Crippen LogP contribution in [0.3, 0.4) is 0 Å². The largest absolute Gasteiger partial charge is 0.417 e. The molecule has 6 heteroatoms. The van der Waals surface area contributed by atoms with Crippen LogP contribution >= 0.6 is 27.5 Å². The maximum atomic E-state index is 12.1. The summed E-state index contributed by atoms with van der Waals surface area (Å²) >= 11 is 8.60. The van der Waals surface area contributed by atoms with Gasteiger partial charge in [0.15, 0.2) is 0 Å². The lowest BCUT2D eigenvalue weighted by Crippen LogP contribution is -2.06. The Balaban J connectivity index is 3.10. The number of rotatable bonds is 1. The summed E-state index contributed by atoms with van der Waals surface area (Å²) in [4.78, 5) is 3.56. The van der Waals surface area contributed by atoms with E-state index in [9.17, 15) is 13.2 Å². The number of hydrogen-bond donors (Lipinski definition) is 0. The third-order valence-corrected chi connectivity index (χ3v) is 2.23. The van der Waals surface area contributed by atoms with Gasteiger partial charge in [0.25, 0.3) is 0 Å². The number of pyridine rings is 1. The average Bonchev–Trinajstić information content (AvgIpc) is 2.02. The molecule has 0 amide bonds. The molecule has 1 nitrogen and oxygen atoms in total. The molecule has 0 fully saturated rings. The fourth-order valence-corrected chi connectivity index (χ4v) is 1.56. The fourth-order valence-electron chi connectivity index (χ4n) is 0.720. The van der Waals surface area contributed by atoms with Crippen molar-refractivity contribution in [2.75, 3.05) is 0 Å². The maximum absolute atomic E-state index is 12.1. The first-order valence-electron chi connectivity index (χ1n) is 3.22. The van der Waals surface area contributed by atoms with Gasteiger partial charge in [0.1, 0.15) is 0 Å². The highest BCUT2D eigenvalue weighted by Crippen LogP contribution is 2.31. The molecule has 1 heterocycles. The summed E-state index contributed by atoms with van der Waals surface area (Å²) in [6.45, 7) is 0. The van der Waals surface area contributed by atoms with Crippen LogP contribution in [-0.4, -0.2) is 4.98 Å². The van der Waals surface area contributed by atoms with E-state index in [0.717, 1.165) is 12.3 Å². The summed E-state index contributed by atoms with van der Waals surface area (Å²) < 4.78 is 36.3. The smallest absolute Gasteiger partial charge is 0.258 e. The molecule has 0 aliphatic carbocycles. The number of hydrogen-bond acceptors (Lipinski definition) is 1. The Labute approximate surface area is 86.0 Å². The van der Waals surface area contributed by atoms with Gasteiger partial charge in [0, 0.05) is 11.5 Å². The molecule has 0 aliphatic heterocycles. The van der Waals surface area contributed by atoms with Gasteiger partial charge >= 0.3 is 6.18 Å². The van der Waals surface area contributed by atoms with Crippen molar-refractivity contribution >= 4 is 27.5 Å². The van der Waals surface area contributed by atoms with Crippen LogP contribution in [0.25, 0.3) is 0 Å². The Morgan fingerprint density at radius 3 is 2.46 bits per heavy atom. The first-order chi connectivity index (χ1) is 5.95. The van der Waals surface area contributed by atoms with E-state index in [4.69, 9.17) is 11.6 Å². The Kier molecular flexibility index (Phi) is 3.18. The van der Waals surface area contributed by atoms with E-state index in [1.165, 1.54) is 0 Å². The predicted octanol–water partition coefficient (Wildman–Crippen LogP) is 3.65. The highest BCUT2D eigenvalue weighted by atomic mass is 79.9. The Morgan fingerprint density at radius 1 is 1.46 bits per heavy atom. The van der Waals surface area contributed by atoms with E-state index in [1.807, 2.05) is 0 Å². The highest BCUT2D eigenvalue weighted by molar-refractivity contribution is 9.08. The maximum Gasteiger partial charge on any atom is 0.417 e. The van der Waals surface area contributed by atoms with Crippen molar-refractivity contribution in [1.82, 2.24) is 4.98 Å². The lowest BCUT2D eigenvalue weighted by atomic mass is 10.2. The van der Waals surface area contributed by atoms with Crippen molar-refractivity contribution in [1.29, 1.82) is 0 Å². The molecular weight excluding hydrogens is 270 g/mol. The number of nitrogens with zero attached hydrogens (tertiary/aromatic N) is 1. The van der Waals surface area contributed by atoms with E-state index in [1.54, 1.807) is 0 Å². The second-order valence-corrected chi connectivity index (χ2v) is 3.25. The molecule has 0 bridgehead atoms. The van der Waals surface area contributed by atoms with Gasteiger partial charge in [-0.2, -0.15) is 13.2 Å². The van der Waals surface area contributed by atoms with Gasteiger partial charge in [-0.1, -0.05) is 27.5 Å². The molecule has 0 aliphatic rings.